The first-order valence-corrected chi connectivity index (χ1v) is 6.18. The van der Waals surface area contributed by atoms with E-state index in [0.29, 0.717) is 12.0 Å². The zero-order valence-electron chi connectivity index (χ0n) is 11.2. The molecule has 106 valence electrons. The molecule has 0 bridgehead atoms. The van der Waals surface area contributed by atoms with E-state index >= 15 is 0 Å². The van der Waals surface area contributed by atoms with Crippen LogP contribution < -0.4 is 11.1 Å². The molecule has 4 N–H and O–H groups in total. The van der Waals surface area contributed by atoms with Crippen LogP contribution in [0.5, 0.6) is 0 Å². The predicted octanol–water partition coefficient (Wildman–Crippen LogP) is -0.191. The molecule has 20 heavy (non-hydrogen) atoms. The second-order valence-electron chi connectivity index (χ2n) is 4.25. The van der Waals surface area contributed by atoms with Crippen LogP contribution in [0.2, 0.25) is 0 Å². The highest BCUT2D eigenvalue weighted by molar-refractivity contribution is 5.92. The largest absolute Gasteiger partial charge is 0.395 e. The fourth-order valence-electron chi connectivity index (χ4n) is 1.47. The lowest BCUT2D eigenvalue weighted by molar-refractivity contribution is -0.118. The molecular weight excluding hydrogens is 258 g/mol. The van der Waals surface area contributed by atoms with E-state index in [1.54, 1.807) is 19.1 Å². The van der Waals surface area contributed by atoms with Crippen LogP contribution >= 0.6 is 0 Å². The molecule has 1 atom stereocenters. The Morgan fingerprint density at radius 3 is 2.80 bits per heavy atom. The van der Waals surface area contributed by atoms with Gasteiger partial charge < -0.3 is 16.2 Å². The summed E-state index contributed by atoms with van der Waals surface area (Å²) in [5.74, 6) is 4.74. The molecule has 0 fully saturated rings. The monoisotopic (exact) mass is 275 g/mol. The van der Waals surface area contributed by atoms with Crippen LogP contribution in [0.1, 0.15) is 35.8 Å². The lowest BCUT2D eigenvalue weighted by atomic mass is 10.2. The van der Waals surface area contributed by atoms with E-state index in [1.807, 2.05) is 0 Å². The summed E-state index contributed by atoms with van der Waals surface area (Å²) in [6, 6.07) is 2.88. The molecule has 1 aromatic heterocycles. The number of nitrogens with two attached hydrogens (primary N) is 1. The van der Waals surface area contributed by atoms with Gasteiger partial charge >= 0.3 is 0 Å². The Balaban J connectivity index is 2.62. The van der Waals surface area contributed by atoms with E-state index < -0.39 is 5.91 Å². The minimum Gasteiger partial charge on any atom is -0.395 e. The summed E-state index contributed by atoms with van der Waals surface area (Å²) in [7, 11) is 0. The molecule has 0 aliphatic rings. The number of pyridine rings is 1. The van der Waals surface area contributed by atoms with Crippen molar-refractivity contribution in [1.29, 1.82) is 0 Å². The Morgan fingerprint density at radius 1 is 1.50 bits per heavy atom. The zero-order chi connectivity index (χ0) is 15.0. The topological polar surface area (TPSA) is 105 Å². The van der Waals surface area contributed by atoms with Gasteiger partial charge in [-0.2, -0.15) is 0 Å². The highest BCUT2D eigenvalue weighted by atomic mass is 16.2. The van der Waals surface area contributed by atoms with Crippen molar-refractivity contribution in [2.45, 2.75) is 25.8 Å². The Bertz CT molecular complexity index is 529. The first-order valence-electron chi connectivity index (χ1n) is 6.18. The number of amides is 2. The fraction of sp³-hybridized carbons (Fsp3) is 0.357. The van der Waals surface area contributed by atoms with Crippen molar-refractivity contribution in [3.05, 3.63) is 29.6 Å². The number of nitrogens with zero attached hydrogens (tertiary/aromatic N) is 1. The van der Waals surface area contributed by atoms with Crippen molar-refractivity contribution in [2.75, 3.05) is 6.61 Å². The van der Waals surface area contributed by atoms with Crippen LogP contribution in [0, 0.1) is 11.8 Å². The minimum atomic E-state index is -0.472. The molecule has 1 rings (SSSR count). The van der Waals surface area contributed by atoms with Gasteiger partial charge in [0.05, 0.1) is 6.61 Å². The molecule has 0 aliphatic heterocycles. The van der Waals surface area contributed by atoms with Gasteiger partial charge in [0.1, 0.15) is 5.69 Å². The maximum Gasteiger partial charge on any atom is 0.270 e. The van der Waals surface area contributed by atoms with Crippen molar-refractivity contribution in [3.63, 3.8) is 0 Å². The van der Waals surface area contributed by atoms with Crippen LogP contribution in [0.3, 0.4) is 0 Å². The fourth-order valence-corrected chi connectivity index (χ4v) is 1.47. The highest BCUT2D eigenvalue weighted by Crippen LogP contribution is 2.00. The normalized spacial score (nSPS) is 11.1. The Kier molecular flexibility index (Phi) is 6.20. The average Bonchev–Trinajstić information content (AvgIpc) is 2.38. The van der Waals surface area contributed by atoms with E-state index in [1.165, 1.54) is 6.20 Å². The van der Waals surface area contributed by atoms with E-state index in [2.05, 4.69) is 22.1 Å². The van der Waals surface area contributed by atoms with Gasteiger partial charge in [-0.25, -0.2) is 4.98 Å². The third kappa shape index (κ3) is 5.50. The molecule has 2 amide bonds. The maximum atomic E-state index is 11.8. The summed E-state index contributed by atoms with van der Waals surface area (Å²) in [6.45, 7) is 1.70. The SMILES string of the molecule is CC(CC(N)=O)NC(=O)c1ccc(C#CCCO)cn1. The van der Waals surface area contributed by atoms with Gasteiger partial charge in [0.2, 0.25) is 5.91 Å². The lowest BCUT2D eigenvalue weighted by Gasteiger charge is -2.11. The second-order valence-corrected chi connectivity index (χ2v) is 4.25. The summed E-state index contributed by atoms with van der Waals surface area (Å²) < 4.78 is 0. The molecule has 0 aromatic carbocycles. The Morgan fingerprint density at radius 2 is 2.25 bits per heavy atom. The third-order valence-corrected chi connectivity index (χ3v) is 2.35. The van der Waals surface area contributed by atoms with E-state index in [0.717, 1.165) is 0 Å². The standard InChI is InChI=1S/C14H17N3O3/c1-10(8-13(15)19)17-14(20)12-6-5-11(9-16-12)4-2-3-7-18/h5-6,9-10,18H,3,7-8H2,1H3,(H2,15,19)(H,17,20). The van der Waals surface area contributed by atoms with Gasteiger partial charge in [-0.3, -0.25) is 9.59 Å². The number of carbonyl (C=O) groups excluding carboxylic acids is 2. The number of carbonyl (C=O) groups is 2. The first-order chi connectivity index (χ1) is 9.52. The van der Waals surface area contributed by atoms with Gasteiger partial charge in [-0.05, 0) is 19.1 Å². The molecule has 0 spiro atoms. The molecular formula is C14H17N3O3. The number of rotatable bonds is 5. The summed E-state index contributed by atoms with van der Waals surface area (Å²) in [5, 5.41) is 11.2. The van der Waals surface area contributed by atoms with Gasteiger partial charge in [0.15, 0.2) is 0 Å². The molecule has 1 heterocycles. The Labute approximate surface area is 117 Å². The van der Waals surface area contributed by atoms with E-state index in [-0.39, 0.29) is 30.7 Å². The van der Waals surface area contributed by atoms with E-state index in [4.69, 9.17) is 10.8 Å². The minimum absolute atomic E-state index is 0.0126. The summed E-state index contributed by atoms with van der Waals surface area (Å²) in [6.07, 6.45) is 1.96. The molecule has 0 saturated carbocycles. The number of aliphatic hydroxyl groups is 1. The van der Waals surface area contributed by atoms with Crippen molar-refractivity contribution >= 4 is 11.8 Å². The van der Waals surface area contributed by atoms with Crippen molar-refractivity contribution in [1.82, 2.24) is 10.3 Å². The van der Waals surface area contributed by atoms with Crippen LogP contribution in [-0.2, 0) is 4.79 Å². The second kappa shape index (κ2) is 7.92. The number of aliphatic hydroxyl groups excluding tert-OH is 1. The van der Waals surface area contributed by atoms with Gasteiger partial charge in [-0.1, -0.05) is 11.8 Å². The summed E-state index contributed by atoms with van der Waals surface area (Å²) in [5.41, 5.74) is 5.96. The number of primary amides is 1. The number of hydrogen-bond donors (Lipinski definition) is 3. The van der Waals surface area contributed by atoms with Crippen molar-refractivity contribution in [3.8, 4) is 11.8 Å². The average molecular weight is 275 g/mol. The van der Waals surface area contributed by atoms with Crippen molar-refractivity contribution < 1.29 is 14.7 Å². The van der Waals surface area contributed by atoms with Gasteiger partial charge in [-0.15, -0.1) is 0 Å². The quantitative estimate of drug-likeness (QED) is 0.648. The number of aromatic nitrogens is 1. The van der Waals surface area contributed by atoms with Gasteiger partial charge in [0, 0.05) is 30.6 Å². The van der Waals surface area contributed by atoms with E-state index in [9.17, 15) is 9.59 Å². The van der Waals surface area contributed by atoms with Crippen LogP contribution in [0.25, 0.3) is 0 Å². The van der Waals surface area contributed by atoms with Crippen LogP contribution in [-0.4, -0.2) is 34.6 Å². The van der Waals surface area contributed by atoms with Gasteiger partial charge in [0.25, 0.3) is 5.91 Å². The summed E-state index contributed by atoms with van der Waals surface area (Å²) in [4.78, 5) is 26.5. The molecule has 0 saturated heterocycles. The summed E-state index contributed by atoms with van der Waals surface area (Å²) >= 11 is 0. The molecule has 6 nitrogen and oxygen atoms in total. The van der Waals surface area contributed by atoms with Crippen LogP contribution in [0.4, 0.5) is 0 Å². The third-order valence-electron chi connectivity index (χ3n) is 2.35. The molecule has 0 aliphatic carbocycles. The number of hydrogen-bond acceptors (Lipinski definition) is 4. The molecule has 1 unspecified atom stereocenters. The molecule has 6 heteroatoms. The zero-order valence-corrected chi connectivity index (χ0v) is 11.2. The molecule has 1 aromatic rings. The predicted molar refractivity (Wildman–Crippen MR) is 73.6 cm³/mol. The molecule has 0 radical (unpaired) electrons. The Hall–Kier alpha value is -2.39. The number of nitrogens with one attached hydrogen (secondary N) is 1. The first kappa shape index (κ1) is 15.7. The smallest absolute Gasteiger partial charge is 0.270 e. The van der Waals surface area contributed by atoms with Crippen molar-refractivity contribution in [2.24, 2.45) is 5.73 Å². The maximum absolute atomic E-state index is 11.8. The highest BCUT2D eigenvalue weighted by Gasteiger charge is 2.12. The van der Waals surface area contributed by atoms with Crippen LogP contribution in [0.15, 0.2) is 18.3 Å². The lowest BCUT2D eigenvalue weighted by Crippen LogP contribution is -2.36.